The lowest BCUT2D eigenvalue weighted by atomic mass is 10.00. The lowest BCUT2D eigenvalue weighted by Gasteiger charge is -2.39. The fourth-order valence-corrected chi connectivity index (χ4v) is 5.58. The van der Waals surface area contributed by atoms with E-state index in [-0.39, 0.29) is 43.7 Å². The molecule has 0 spiro atoms. The van der Waals surface area contributed by atoms with Crippen LogP contribution in [0.4, 0.5) is 4.39 Å². The number of nitrogens with one attached hydrogen (secondary N) is 2. The summed E-state index contributed by atoms with van der Waals surface area (Å²) in [6.45, 7) is 3.37. The van der Waals surface area contributed by atoms with Crippen molar-refractivity contribution in [1.82, 2.24) is 15.5 Å². The first-order chi connectivity index (χ1) is 22.8. The Morgan fingerprint density at radius 2 is 1.85 bits per heavy atom. The Morgan fingerprint density at radius 1 is 1.00 bits per heavy atom. The first-order valence-electron chi connectivity index (χ1n) is 15.7. The Morgan fingerprint density at radius 3 is 2.68 bits per heavy atom. The molecule has 0 aromatic heterocycles. The summed E-state index contributed by atoms with van der Waals surface area (Å²) in [6, 6.07) is 15.9. The highest BCUT2D eigenvalue weighted by atomic mass is 19.1. The summed E-state index contributed by atoms with van der Waals surface area (Å²) in [5.41, 5.74) is 1.74. The monoisotopic (exact) mass is 649 g/mol. The number of ether oxygens (including phenoxy) is 5. The summed E-state index contributed by atoms with van der Waals surface area (Å²) in [6.07, 6.45) is 0.378. The number of rotatable bonds is 7. The summed E-state index contributed by atoms with van der Waals surface area (Å²) in [7, 11) is 1.50. The number of hydrogen-bond acceptors (Lipinski definition) is 8. The van der Waals surface area contributed by atoms with Gasteiger partial charge in [-0.15, -0.1) is 0 Å². The van der Waals surface area contributed by atoms with Crippen molar-refractivity contribution in [2.45, 2.75) is 44.9 Å². The van der Waals surface area contributed by atoms with Crippen molar-refractivity contribution < 1.29 is 42.5 Å². The van der Waals surface area contributed by atoms with Gasteiger partial charge in [-0.1, -0.05) is 18.2 Å². The van der Waals surface area contributed by atoms with Gasteiger partial charge in [-0.05, 0) is 60.9 Å². The molecule has 47 heavy (non-hydrogen) atoms. The van der Waals surface area contributed by atoms with E-state index in [9.17, 15) is 18.8 Å². The summed E-state index contributed by atoms with van der Waals surface area (Å²) < 4.78 is 43.4. The van der Waals surface area contributed by atoms with E-state index in [1.54, 1.807) is 47.4 Å². The highest BCUT2D eigenvalue weighted by Gasteiger charge is 2.35. The average molecular weight is 650 g/mol. The van der Waals surface area contributed by atoms with Crippen LogP contribution in [0.15, 0.2) is 60.7 Å². The second kappa shape index (κ2) is 16.1. The van der Waals surface area contributed by atoms with Crippen molar-refractivity contribution in [3.63, 3.8) is 0 Å². The fraction of sp³-hybridized carbons (Fsp3) is 0.400. The van der Waals surface area contributed by atoms with Crippen molar-refractivity contribution in [3.8, 4) is 23.0 Å². The van der Waals surface area contributed by atoms with Crippen molar-refractivity contribution in [3.05, 3.63) is 83.2 Å². The number of carbonyl (C=O) groups excluding carboxylic acids is 3. The molecule has 0 unspecified atom stereocenters. The number of methoxy groups -OCH3 is 1. The molecule has 12 heteroatoms. The molecule has 0 saturated carbocycles. The van der Waals surface area contributed by atoms with Crippen molar-refractivity contribution in [2.75, 3.05) is 46.6 Å². The lowest BCUT2D eigenvalue weighted by molar-refractivity contribution is -0.125. The minimum atomic E-state index is -0.659. The van der Waals surface area contributed by atoms with Crippen LogP contribution in [0, 0.1) is 5.82 Å². The zero-order valence-electron chi connectivity index (χ0n) is 26.6. The van der Waals surface area contributed by atoms with Crippen LogP contribution in [-0.4, -0.2) is 81.4 Å². The van der Waals surface area contributed by atoms with Crippen molar-refractivity contribution >= 4 is 17.7 Å². The maximum Gasteiger partial charge on any atom is 0.258 e. The minimum Gasteiger partial charge on any atom is -0.493 e. The molecular formula is C35H40FN3O8. The number of likely N-dealkylation sites (tertiary alicyclic amines) is 1. The third-order valence-corrected chi connectivity index (χ3v) is 7.93. The maximum absolute atomic E-state index is 14.7. The molecule has 2 heterocycles. The molecule has 2 atom stereocenters. The number of halogens is 1. The number of carbonyl (C=O) groups is 3. The first-order valence-corrected chi connectivity index (χ1v) is 15.7. The zero-order valence-corrected chi connectivity index (χ0v) is 26.6. The van der Waals surface area contributed by atoms with Crippen molar-refractivity contribution in [1.29, 1.82) is 0 Å². The maximum atomic E-state index is 14.7. The van der Waals surface area contributed by atoms with Gasteiger partial charge >= 0.3 is 0 Å². The molecule has 250 valence electrons. The smallest absolute Gasteiger partial charge is 0.258 e. The van der Waals surface area contributed by atoms with Crippen LogP contribution in [0.25, 0.3) is 0 Å². The third kappa shape index (κ3) is 9.13. The van der Waals surface area contributed by atoms with Gasteiger partial charge in [-0.2, -0.15) is 0 Å². The van der Waals surface area contributed by atoms with Crippen LogP contribution in [-0.2, 0) is 27.3 Å². The molecule has 2 N–H and O–H groups in total. The van der Waals surface area contributed by atoms with Gasteiger partial charge in [-0.25, -0.2) is 4.39 Å². The molecule has 4 bridgehead atoms. The van der Waals surface area contributed by atoms with Crippen LogP contribution >= 0.6 is 0 Å². The highest BCUT2D eigenvalue weighted by molar-refractivity contribution is 5.97. The standard InChI is InChI=1S/C35H40FN3O8/c1-3-44-14-15-45-29-7-5-4-6-27(29)35(42)39-13-12-30-28(21-39)38-34(41)22-46-32-18-23(8-10-31(32)43-2)9-11-33(40)37-20-24-16-25(36)19-26(17-24)47-30/h4-8,10,16-19,28,30H,3,9,11-15,20-22H2,1-2H3,(H,37,40)(H,38,41)/t28-,30-/m1/s1. The number of para-hydroxylation sites is 1. The van der Waals surface area contributed by atoms with Gasteiger partial charge in [0.2, 0.25) is 5.91 Å². The third-order valence-electron chi connectivity index (χ3n) is 7.93. The quantitative estimate of drug-likeness (QED) is 0.372. The number of benzene rings is 3. The molecule has 0 aliphatic carbocycles. The predicted octanol–water partition coefficient (Wildman–Crippen LogP) is 3.67. The molecule has 3 aromatic carbocycles. The number of nitrogens with zero attached hydrogens (tertiary/aromatic N) is 1. The number of aryl methyl sites for hydroxylation is 1. The fourth-order valence-electron chi connectivity index (χ4n) is 5.58. The molecule has 2 aliphatic rings. The first kappa shape index (κ1) is 33.5. The Labute approximate surface area is 273 Å². The Hall–Kier alpha value is -4.84. The molecule has 3 aromatic rings. The van der Waals surface area contributed by atoms with Gasteiger partial charge in [0.1, 0.15) is 30.0 Å². The summed E-state index contributed by atoms with van der Waals surface area (Å²) >= 11 is 0. The van der Waals surface area contributed by atoms with Gasteiger partial charge in [0.25, 0.3) is 11.8 Å². The Bertz CT molecular complexity index is 1570. The van der Waals surface area contributed by atoms with Crippen LogP contribution in [0.2, 0.25) is 0 Å². The largest absolute Gasteiger partial charge is 0.493 e. The van der Waals surface area contributed by atoms with E-state index in [4.69, 9.17) is 23.7 Å². The van der Waals surface area contributed by atoms with Crippen LogP contribution in [0.3, 0.4) is 0 Å². The van der Waals surface area contributed by atoms with Gasteiger partial charge < -0.3 is 39.2 Å². The molecule has 1 saturated heterocycles. The van der Waals surface area contributed by atoms with E-state index in [0.29, 0.717) is 67.6 Å². The summed E-state index contributed by atoms with van der Waals surface area (Å²) in [5, 5.41) is 5.81. The van der Waals surface area contributed by atoms with Gasteiger partial charge in [0.05, 0.1) is 25.3 Å². The minimum absolute atomic E-state index is 0.114. The van der Waals surface area contributed by atoms with E-state index < -0.39 is 23.9 Å². The molecule has 3 amide bonds. The number of piperidine rings is 1. The normalized spacial score (nSPS) is 18.7. The molecular weight excluding hydrogens is 609 g/mol. The Balaban J connectivity index is 1.39. The van der Waals surface area contributed by atoms with Crippen LogP contribution in [0.1, 0.15) is 41.3 Å². The van der Waals surface area contributed by atoms with E-state index in [1.807, 2.05) is 13.0 Å². The SMILES string of the molecule is CCOCCOc1ccccc1C(=O)N1CC[C@H]2Oc3cc(F)cc(c3)CNC(=O)CCc3ccc(OC)c(c3)OCC(=O)N[C@@H]2C1. The molecule has 0 radical (unpaired) electrons. The average Bonchev–Trinajstić information content (AvgIpc) is 3.07. The predicted molar refractivity (Wildman–Crippen MR) is 170 cm³/mol. The number of fused-ring (bicyclic) bond motifs is 5. The van der Waals surface area contributed by atoms with E-state index in [2.05, 4.69) is 10.6 Å². The van der Waals surface area contributed by atoms with E-state index in [0.717, 1.165) is 5.56 Å². The Kier molecular flexibility index (Phi) is 11.5. The van der Waals surface area contributed by atoms with Crippen LogP contribution < -0.4 is 29.6 Å². The molecule has 1 fully saturated rings. The number of amides is 3. The van der Waals surface area contributed by atoms with Crippen LogP contribution in [0.5, 0.6) is 23.0 Å². The summed E-state index contributed by atoms with van der Waals surface area (Å²) in [4.78, 5) is 41.3. The van der Waals surface area contributed by atoms with E-state index >= 15 is 0 Å². The zero-order chi connectivity index (χ0) is 33.2. The number of hydrogen-bond donors (Lipinski definition) is 2. The topological polar surface area (TPSA) is 125 Å². The molecule has 5 rings (SSSR count). The van der Waals surface area contributed by atoms with Gasteiger partial charge in [0.15, 0.2) is 18.1 Å². The second-order valence-electron chi connectivity index (χ2n) is 11.3. The highest BCUT2D eigenvalue weighted by Crippen LogP contribution is 2.29. The van der Waals surface area contributed by atoms with Gasteiger partial charge in [0, 0.05) is 45.1 Å². The molecule has 2 aliphatic heterocycles. The summed E-state index contributed by atoms with van der Waals surface area (Å²) in [5.74, 6) is 0.0798. The lowest BCUT2D eigenvalue weighted by Crippen LogP contribution is -2.58. The second-order valence-corrected chi connectivity index (χ2v) is 11.3. The van der Waals surface area contributed by atoms with Crippen molar-refractivity contribution in [2.24, 2.45) is 0 Å². The van der Waals surface area contributed by atoms with Gasteiger partial charge in [-0.3, -0.25) is 14.4 Å². The molecule has 11 nitrogen and oxygen atoms in total. The van der Waals surface area contributed by atoms with E-state index in [1.165, 1.54) is 19.2 Å².